The molecule has 6 heteroatoms. The minimum atomic E-state index is -1.39. The summed E-state index contributed by atoms with van der Waals surface area (Å²) in [7, 11) is 0. The van der Waals surface area contributed by atoms with Crippen LogP contribution >= 0.6 is 0 Å². The average Bonchev–Trinajstić information content (AvgIpc) is 1.82. The second-order valence-electron chi connectivity index (χ2n) is 1.89. The van der Waals surface area contributed by atoms with Crippen molar-refractivity contribution in [3.05, 3.63) is 0 Å². The van der Waals surface area contributed by atoms with Crippen molar-refractivity contribution in [2.75, 3.05) is 0 Å². The van der Waals surface area contributed by atoms with Crippen molar-refractivity contribution in [1.82, 2.24) is 0 Å². The molecule has 0 saturated heterocycles. The van der Waals surface area contributed by atoms with Crippen molar-refractivity contribution < 1.29 is 15.0 Å². The van der Waals surface area contributed by atoms with Crippen LogP contribution in [0.1, 0.15) is 12.8 Å². The molecule has 0 aliphatic carbocycles. The van der Waals surface area contributed by atoms with Gasteiger partial charge in [-0.25, -0.2) is 0 Å². The molecule has 1 atom stereocenters. The monoisotopic (exact) mass is 168 g/mol. The van der Waals surface area contributed by atoms with E-state index in [4.69, 9.17) is 11.1 Å². The first-order valence-electron chi connectivity index (χ1n) is 2.75. The van der Waals surface area contributed by atoms with E-state index in [-0.39, 0.29) is 35.9 Å². The van der Waals surface area contributed by atoms with E-state index in [1.54, 1.807) is 0 Å². The van der Waals surface area contributed by atoms with Crippen LogP contribution in [0.25, 0.3) is 0 Å². The summed E-state index contributed by atoms with van der Waals surface area (Å²) in [5, 5.41) is 26.3. The number of carbonyl (C=O) groups is 1. The predicted octanol–water partition coefficient (Wildman–Crippen LogP) is -3.20. The second kappa shape index (κ2) is 6.38. The van der Waals surface area contributed by atoms with Gasteiger partial charge in [0.05, 0.1) is 5.97 Å². The zero-order valence-electron chi connectivity index (χ0n) is 6.00. The van der Waals surface area contributed by atoms with Crippen LogP contribution in [-0.2, 0) is 4.79 Å². The number of nitrogens with one attached hydrogen (secondary N) is 1. The van der Waals surface area contributed by atoms with Crippen molar-refractivity contribution in [3.63, 3.8) is 0 Å². The van der Waals surface area contributed by atoms with Crippen molar-refractivity contribution >= 4 is 34.9 Å². The SMILES string of the molecule is N=C([O-])CCC(N)C(=O)[O-].[Mg+2]. The Morgan fingerprint density at radius 2 is 2.00 bits per heavy atom. The summed E-state index contributed by atoms with van der Waals surface area (Å²) in [6.07, 6.45) is -0.153. The van der Waals surface area contributed by atoms with Crippen LogP contribution in [0.4, 0.5) is 0 Å². The van der Waals surface area contributed by atoms with E-state index in [0.29, 0.717) is 0 Å². The Morgan fingerprint density at radius 1 is 1.55 bits per heavy atom. The number of hydrogen-bond acceptors (Lipinski definition) is 5. The summed E-state index contributed by atoms with van der Waals surface area (Å²) in [6, 6.07) is -1.13. The first-order valence-corrected chi connectivity index (χ1v) is 2.75. The van der Waals surface area contributed by atoms with Gasteiger partial charge in [-0.2, -0.15) is 0 Å². The van der Waals surface area contributed by atoms with Crippen LogP contribution in [0.5, 0.6) is 0 Å². The quantitative estimate of drug-likeness (QED) is 0.261. The molecular weight excluding hydrogens is 160 g/mol. The van der Waals surface area contributed by atoms with Crippen LogP contribution in [0.3, 0.4) is 0 Å². The molecule has 0 aromatic carbocycles. The number of carboxylic acid groups (broad SMARTS) is 1. The van der Waals surface area contributed by atoms with Crippen LogP contribution < -0.4 is 15.9 Å². The fraction of sp³-hybridized carbons (Fsp3) is 0.600. The average molecular weight is 168 g/mol. The van der Waals surface area contributed by atoms with Gasteiger partial charge in [0.2, 0.25) is 0 Å². The molecule has 0 spiro atoms. The molecule has 5 nitrogen and oxygen atoms in total. The maximum Gasteiger partial charge on any atom is 2.00 e. The van der Waals surface area contributed by atoms with Gasteiger partial charge in [0.25, 0.3) is 0 Å². The van der Waals surface area contributed by atoms with Crippen LogP contribution in [0, 0.1) is 5.41 Å². The standard InChI is InChI=1S/C5H10N2O3.Mg/c6-3(5(9)10)1-2-4(7)8;/h3H,1-2,6H2,(H2,7,8)(H,9,10);/q;+2/p-2. The fourth-order valence-corrected chi connectivity index (χ4v) is 0.404. The van der Waals surface area contributed by atoms with Gasteiger partial charge in [-0.1, -0.05) is 0 Å². The van der Waals surface area contributed by atoms with Crippen molar-refractivity contribution in [3.8, 4) is 0 Å². The molecule has 0 aliphatic heterocycles. The Hall–Kier alpha value is -0.334. The summed E-state index contributed by atoms with van der Waals surface area (Å²) < 4.78 is 0. The number of aliphatic carboxylic acids is 1. The molecule has 0 amide bonds. The molecule has 0 radical (unpaired) electrons. The summed E-state index contributed by atoms with van der Waals surface area (Å²) in [5.74, 6) is -2.20. The smallest absolute Gasteiger partial charge is 0.862 e. The first-order chi connectivity index (χ1) is 4.54. The van der Waals surface area contributed by atoms with Crippen LogP contribution in [0.15, 0.2) is 0 Å². The molecule has 1 unspecified atom stereocenters. The van der Waals surface area contributed by atoms with Gasteiger partial charge in [0.1, 0.15) is 0 Å². The molecule has 0 saturated carbocycles. The summed E-state index contributed by atoms with van der Waals surface area (Å²) in [4.78, 5) is 9.90. The number of hydrogen-bond donors (Lipinski definition) is 2. The van der Waals surface area contributed by atoms with E-state index >= 15 is 0 Å². The Morgan fingerprint density at radius 3 is 2.27 bits per heavy atom. The van der Waals surface area contributed by atoms with E-state index in [0.717, 1.165) is 0 Å². The van der Waals surface area contributed by atoms with E-state index in [9.17, 15) is 15.0 Å². The molecular formula is C5H8MgN2O3. The molecule has 11 heavy (non-hydrogen) atoms. The summed E-state index contributed by atoms with van der Waals surface area (Å²) >= 11 is 0. The fourth-order valence-electron chi connectivity index (χ4n) is 0.404. The molecule has 0 aromatic heterocycles. The third-order valence-electron chi connectivity index (χ3n) is 0.985. The van der Waals surface area contributed by atoms with Crippen LogP contribution in [-0.4, -0.2) is 41.0 Å². The number of carbonyl (C=O) groups excluding carboxylic acids is 1. The zero-order valence-corrected chi connectivity index (χ0v) is 7.41. The minimum Gasteiger partial charge on any atom is -0.862 e. The van der Waals surface area contributed by atoms with Crippen LogP contribution in [0.2, 0.25) is 0 Å². The molecule has 0 aliphatic rings. The third kappa shape index (κ3) is 7.56. The molecule has 0 rings (SSSR count). The van der Waals surface area contributed by atoms with Gasteiger partial charge in [-0.05, 0) is 18.7 Å². The van der Waals surface area contributed by atoms with E-state index in [2.05, 4.69) is 0 Å². The minimum absolute atomic E-state index is 0. The van der Waals surface area contributed by atoms with Gasteiger partial charge < -0.3 is 26.2 Å². The Bertz CT molecular complexity index is 151. The van der Waals surface area contributed by atoms with E-state index in [1.807, 2.05) is 0 Å². The second-order valence-corrected chi connectivity index (χ2v) is 1.89. The summed E-state index contributed by atoms with van der Waals surface area (Å²) in [5.41, 5.74) is 4.97. The molecule has 3 N–H and O–H groups in total. The molecule has 0 heterocycles. The van der Waals surface area contributed by atoms with Gasteiger partial charge in [-0.15, -0.1) is 0 Å². The van der Waals surface area contributed by atoms with Gasteiger partial charge in [-0.3, -0.25) is 0 Å². The van der Waals surface area contributed by atoms with Gasteiger partial charge >= 0.3 is 23.1 Å². The predicted molar refractivity (Wildman–Crippen MR) is 35.7 cm³/mol. The van der Waals surface area contributed by atoms with Crippen molar-refractivity contribution in [2.24, 2.45) is 5.73 Å². The topological polar surface area (TPSA) is 113 Å². The number of nitrogens with two attached hydrogens (primary N) is 1. The molecule has 0 fully saturated rings. The Balaban J connectivity index is 0. The normalized spacial score (nSPS) is 11.4. The van der Waals surface area contributed by atoms with Crippen molar-refractivity contribution in [1.29, 1.82) is 5.41 Å². The molecule has 0 aromatic rings. The maximum absolute atomic E-state index is 9.97. The van der Waals surface area contributed by atoms with Crippen molar-refractivity contribution in [2.45, 2.75) is 18.9 Å². The Kier molecular flexibility index (Phi) is 7.70. The van der Waals surface area contributed by atoms with E-state index < -0.39 is 17.9 Å². The first kappa shape index (κ1) is 13.3. The number of rotatable bonds is 4. The maximum atomic E-state index is 9.97. The van der Waals surface area contributed by atoms with Gasteiger partial charge in [0.15, 0.2) is 0 Å². The number of carboxylic acids is 1. The van der Waals surface area contributed by atoms with Gasteiger partial charge in [0, 0.05) is 6.04 Å². The summed E-state index contributed by atoms with van der Waals surface area (Å²) in [6.45, 7) is 0. The largest absolute Gasteiger partial charge is 2.00 e. The van der Waals surface area contributed by atoms with E-state index in [1.165, 1.54) is 0 Å². The Labute approximate surface area is 80.2 Å². The molecule has 58 valence electrons. The third-order valence-corrected chi connectivity index (χ3v) is 0.985. The zero-order chi connectivity index (χ0) is 8.15. The molecule has 0 bridgehead atoms.